The largest absolute Gasteiger partial charge is 0.497 e. The van der Waals surface area contributed by atoms with Crippen LogP contribution in [0.25, 0.3) is 21.5 Å². The van der Waals surface area contributed by atoms with Crippen molar-refractivity contribution in [2.75, 3.05) is 21.3 Å². The molecule has 0 amide bonds. The molecule has 0 aliphatic heterocycles. The van der Waals surface area contributed by atoms with Crippen LogP contribution in [0.15, 0.2) is 60.8 Å². The Hall–Kier alpha value is -3.27. The Morgan fingerprint density at radius 3 is 2.33 bits per heavy atom. The maximum absolute atomic E-state index is 5.48. The van der Waals surface area contributed by atoms with E-state index >= 15 is 0 Å². The van der Waals surface area contributed by atoms with Gasteiger partial charge in [-0.25, -0.2) is 0 Å². The molecule has 0 atom stereocenters. The molecule has 1 aromatic heterocycles. The highest BCUT2D eigenvalue weighted by atomic mass is 16.5. The Morgan fingerprint density at radius 1 is 0.741 bits per heavy atom. The van der Waals surface area contributed by atoms with Gasteiger partial charge in [0.2, 0.25) is 0 Å². The van der Waals surface area contributed by atoms with Crippen LogP contribution in [0.4, 0.5) is 0 Å². The first-order valence-corrected chi connectivity index (χ1v) is 8.78. The number of fused-ring (bicyclic) bond motifs is 2. The van der Waals surface area contributed by atoms with Crippen molar-refractivity contribution in [1.82, 2.24) is 4.98 Å². The lowest BCUT2D eigenvalue weighted by molar-refractivity contribution is 0.356. The molecule has 0 saturated carbocycles. The van der Waals surface area contributed by atoms with E-state index in [0.717, 1.165) is 34.4 Å². The molecule has 0 spiro atoms. The van der Waals surface area contributed by atoms with Gasteiger partial charge < -0.3 is 14.2 Å². The van der Waals surface area contributed by atoms with Crippen LogP contribution in [0.5, 0.6) is 17.2 Å². The first-order valence-electron chi connectivity index (χ1n) is 8.78. The van der Waals surface area contributed by atoms with E-state index in [1.165, 1.54) is 16.3 Å². The fourth-order valence-electron chi connectivity index (χ4n) is 3.48. The minimum atomic E-state index is 0.707. The maximum atomic E-state index is 5.48. The monoisotopic (exact) mass is 359 g/mol. The number of aromatic nitrogens is 1. The summed E-state index contributed by atoms with van der Waals surface area (Å²) in [5, 5.41) is 4.51. The maximum Gasteiger partial charge on any atom is 0.161 e. The van der Waals surface area contributed by atoms with Crippen molar-refractivity contribution in [2.45, 2.75) is 6.42 Å². The van der Waals surface area contributed by atoms with Gasteiger partial charge >= 0.3 is 0 Å². The second kappa shape index (κ2) is 7.16. The van der Waals surface area contributed by atoms with E-state index in [4.69, 9.17) is 14.2 Å². The van der Waals surface area contributed by atoms with Gasteiger partial charge in [-0.15, -0.1) is 0 Å². The van der Waals surface area contributed by atoms with Gasteiger partial charge in [0.05, 0.1) is 27.0 Å². The Morgan fingerprint density at radius 2 is 1.56 bits per heavy atom. The van der Waals surface area contributed by atoms with Crippen LogP contribution in [0.1, 0.15) is 11.3 Å². The highest BCUT2D eigenvalue weighted by Crippen LogP contribution is 2.34. The number of rotatable bonds is 5. The van der Waals surface area contributed by atoms with Crippen LogP contribution >= 0.6 is 0 Å². The van der Waals surface area contributed by atoms with Crippen molar-refractivity contribution in [1.29, 1.82) is 0 Å². The molecular weight excluding hydrogens is 338 g/mol. The van der Waals surface area contributed by atoms with Crippen LogP contribution < -0.4 is 14.2 Å². The summed E-state index contributed by atoms with van der Waals surface area (Å²) in [5.41, 5.74) is 2.21. The topological polar surface area (TPSA) is 40.6 Å². The molecule has 4 nitrogen and oxygen atoms in total. The summed E-state index contributed by atoms with van der Waals surface area (Å²) in [4.78, 5) is 4.65. The number of hydrogen-bond donors (Lipinski definition) is 0. The third kappa shape index (κ3) is 3.14. The molecule has 0 aliphatic rings. The fourth-order valence-corrected chi connectivity index (χ4v) is 3.48. The summed E-state index contributed by atoms with van der Waals surface area (Å²) in [6.45, 7) is 0. The zero-order valence-corrected chi connectivity index (χ0v) is 15.7. The van der Waals surface area contributed by atoms with Crippen LogP contribution in [0, 0.1) is 0 Å². The number of nitrogens with zero attached hydrogens (tertiary/aromatic N) is 1. The minimum absolute atomic E-state index is 0.707. The summed E-state index contributed by atoms with van der Waals surface area (Å²) < 4.78 is 16.3. The number of methoxy groups -OCH3 is 3. The molecule has 0 N–H and O–H groups in total. The molecule has 136 valence electrons. The summed E-state index contributed by atoms with van der Waals surface area (Å²) in [6.07, 6.45) is 2.56. The zero-order chi connectivity index (χ0) is 18.8. The smallest absolute Gasteiger partial charge is 0.161 e. The van der Waals surface area contributed by atoms with Crippen molar-refractivity contribution in [3.63, 3.8) is 0 Å². The van der Waals surface area contributed by atoms with Crippen molar-refractivity contribution in [3.8, 4) is 17.2 Å². The van der Waals surface area contributed by atoms with E-state index < -0.39 is 0 Å². The number of pyridine rings is 1. The molecule has 0 aliphatic carbocycles. The first kappa shape index (κ1) is 17.2. The Bertz CT molecular complexity index is 1120. The van der Waals surface area contributed by atoms with Gasteiger partial charge in [-0.05, 0) is 52.1 Å². The lowest BCUT2D eigenvalue weighted by Crippen LogP contribution is -1.97. The van der Waals surface area contributed by atoms with E-state index in [9.17, 15) is 0 Å². The van der Waals surface area contributed by atoms with E-state index in [-0.39, 0.29) is 0 Å². The molecule has 4 aromatic rings. The third-order valence-electron chi connectivity index (χ3n) is 4.89. The highest BCUT2D eigenvalue weighted by molar-refractivity contribution is 5.90. The average Bonchev–Trinajstić information content (AvgIpc) is 2.72. The Labute approximate surface area is 158 Å². The van der Waals surface area contributed by atoms with Gasteiger partial charge in [-0.2, -0.15) is 0 Å². The third-order valence-corrected chi connectivity index (χ3v) is 4.89. The second-order valence-electron chi connectivity index (χ2n) is 6.37. The lowest BCUT2D eigenvalue weighted by Gasteiger charge is -2.13. The van der Waals surface area contributed by atoms with E-state index in [1.54, 1.807) is 21.3 Å². The molecule has 3 aromatic carbocycles. The molecule has 0 unspecified atom stereocenters. The predicted octanol–water partition coefficient (Wildman–Crippen LogP) is 5.00. The summed E-state index contributed by atoms with van der Waals surface area (Å²) in [6, 6.07) is 18.5. The molecule has 4 rings (SSSR count). The molecule has 0 radical (unpaired) electrons. The van der Waals surface area contributed by atoms with Crippen molar-refractivity contribution in [2.24, 2.45) is 0 Å². The SMILES string of the molecule is COc1ccc2cccc(Cc3nccc4cc(OC)c(OC)cc34)c2c1. The quantitative estimate of drug-likeness (QED) is 0.502. The van der Waals surface area contributed by atoms with E-state index in [1.807, 2.05) is 30.5 Å². The zero-order valence-electron chi connectivity index (χ0n) is 15.7. The second-order valence-corrected chi connectivity index (χ2v) is 6.37. The number of hydrogen-bond acceptors (Lipinski definition) is 4. The van der Waals surface area contributed by atoms with Crippen molar-refractivity contribution >= 4 is 21.5 Å². The Kier molecular flexibility index (Phi) is 4.55. The number of benzene rings is 3. The van der Waals surface area contributed by atoms with E-state index in [0.29, 0.717) is 5.75 Å². The van der Waals surface area contributed by atoms with Crippen LogP contribution in [-0.2, 0) is 6.42 Å². The van der Waals surface area contributed by atoms with Crippen molar-refractivity contribution < 1.29 is 14.2 Å². The molecular formula is C23H21NO3. The molecule has 0 fully saturated rings. The summed E-state index contributed by atoms with van der Waals surface area (Å²) >= 11 is 0. The Balaban J connectivity index is 1.85. The van der Waals surface area contributed by atoms with E-state index in [2.05, 4.69) is 35.3 Å². The normalized spacial score (nSPS) is 10.9. The van der Waals surface area contributed by atoms with Crippen LogP contribution in [-0.4, -0.2) is 26.3 Å². The molecule has 1 heterocycles. The highest BCUT2D eigenvalue weighted by Gasteiger charge is 2.12. The number of ether oxygens (including phenoxy) is 3. The predicted molar refractivity (Wildman–Crippen MR) is 108 cm³/mol. The van der Waals surface area contributed by atoms with Crippen LogP contribution in [0.2, 0.25) is 0 Å². The average molecular weight is 359 g/mol. The van der Waals surface area contributed by atoms with Gasteiger partial charge in [0, 0.05) is 18.0 Å². The van der Waals surface area contributed by atoms with Gasteiger partial charge in [0.15, 0.2) is 11.5 Å². The summed E-state index contributed by atoms with van der Waals surface area (Å²) in [7, 11) is 4.99. The lowest BCUT2D eigenvalue weighted by atomic mass is 9.98. The van der Waals surface area contributed by atoms with Gasteiger partial charge in [-0.3, -0.25) is 4.98 Å². The molecule has 27 heavy (non-hydrogen) atoms. The summed E-state index contributed by atoms with van der Waals surface area (Å²) in [5.74, 6) is 2.28. The molecule has 0 bridgehead atoms. The van der Waals surface area contributed by atoms with Crippen LogP contribution in [0.3, 0.4) is 0 Å². The molecule has 4 heteroatoms. The van der Waals surface area contributed by atoms with Gasteiger partial charge in [0.1, 0.15) is 5.75 Å². The first-order chi connectivity index (χ1) is 13.2. The minimum Gasteiger partial charge on any atom is -0.497 e. The van der Waals surface area contributed by atoms with Gasteiger partial charge in [-0.1, -0.05) is 24.3 Å². The fraction of sp³-hybridized carbons (Fsp3) is 0.174. The van der Waals surface area contributed by atoms with Gasteiger partial charge in [0.25, 0.3) is 0 Å². The van der Waals surface area contributed by atoms with Crippen molar-refractivity contribution in [3.05, 3.63) is 72.1 Å². The molecule has 0 saturated heterocycles. The standard InChI is InChI=1S/C23H21NO3/c1-25-18-8-7-15-5-4-6-16(19(15)13-18)11-21-20-14-23(27-3)22(26-2)12-17(20)9-10-24-21/h4-10,12-14H,11H2,1-3H3.